The molecule has 0 saturated carbocycles. The van der Waals surface area contributed by atoms with Crippen molar-refractivity contribution in [3.05, 3.63) is 54.8 Å². The molecule has 0 bridgehead atoms. The van der Waals surface area contributed by atoms with Crippen molar-refractivity contribution >= 4 is 33.9 Å². The summed E-state index contributed by atoms with van der Waals surface area (Å²) in [5, 5.41) is 22.7. The summed E-state index contributed by atoms with van der Waals surface area (Å²) < 4.78 is 5.75. The quantitative estimate of drug-likeness (QED) is 0.422. The monoisotopic (exact) mass is 404 g/mol. The van der Waals surface area contributed by atoms with Gasteiger partial charge in [0.25, 0.3) is 11.2 Å². The van der Waals surface area contributed by atoms with Crippen molar-refractivity contribution in [1.82, 2.24) is 4.57 Å². The molecule has 2 aromatic rings. The van der Waals surface area contributed by atoms with Gasteiger partial charge in [-0.05, 0) is 19.4 Å². The molecule has 0 aliphatic heterocycles. The summed E-state index contributed by atoms with van der Waals surface area (Å²) in [5.74, 6) is -1.27. The lowest BCUT2D eigenvalue weighted by Gasteiger charge is -2.08. The number of pyridine rings is 1. The molecule has 0 radical (unpaired) electrons. The zero-order valence-corrected chi connectivity index (χ0v) is 15.9. The average molecular weight is 404 g/mol. The zero-order chi connectivity index (χ0) is 20.8. The lowest BCUT2D eigenvalue weighted by molar-refractivity contribution is -0.385. The summed E-state index contributed by atoms with van der Waals surface area (Å²) in [6, 6.07) is 4.04. The van der Waals surface area contributed by atoms with Crippen LogP contribution >= 0.6 is 11.3 Å². The van der Waals surface area contributed by atoms with Gasteiger partial charge in [0.15, 0.2) is 0 Å². The van der Waals surface area contributed by atoms with Crippen LogP contribution in [0.1, 0.15) is 34.6 Å². The molecule has 0 aromatic carbocycles. The summed E-state index contributed by atoms with van der Waals surface area (Å²) in [6.45, 7) is 3.16. The molecule has 28 heavy (non-hydrogen) atoms. The highest BCUT2D eigenvalue weighted by molar-refractivity contribution is 7.16. The predicted octanol–water partition coefficient (Wildman–Crippen LogP) is 2.07. The Kier molecular flexibility index (Phi) is 6.62. The van der Waals surface area contributed by atoms with E-state index in [0.717, 1.165) is 21.7 Å². The highest BCUT2D eigenvalue weighted by Gasteiger charge is 2.20. The first-order chi connectivity index (χ1) is 13.3. The predicted molar refractivity (Wildman–Crippen MR) is 100 cm³/mol. The first kappa shape index (κ1) is 20.8. The molecular weight excluding hydrogens is 388 g/mol. The molecule has 10 nitrogen and oxygen atoms in total. The van der Waals surface area contributed by atoms with Gasteiger partial charge in [-0.3, -0.25) is 24.3 Å². The normalized spacial score (nSPS) is 10.2. The van der Waals surface area contributed by atoms with Crippen LogP contribution in [0, 0.1) is 21.4 Å². The van der Waals surface area contributed by atoms with Crippen molar-refractivity contribution in [3.8, 4) is 6.07 Å². The third kappa shape index (κ3) is 4.60. The van der Waals surface area contributed by atoms with E-state index in [0.29, 0.717) is 6.42 Å². The molecule has 0 unspecified atom stereocenters. The molecule has 2 rings (SSSR count). The Morgan fingerprint density at radius 3 is 2.68 bits per heavy atom. The summed E-state index contributed by atoms with van der Waals surface area (Å²) in [6.07, 6.45) is 1.53. The zero-order valence-electron chi connectivity index (χ0n) is 15.1. The number of nitro groups is 1. The summed E-state index contributed by atoms with van der Waals surface area (Å²) >= 11 is 1.19. The average Bonchev–Trinajstić information content (AvgIpc) is 3.06. The van der Waals surface area contributed by atoms with E-state index in [-0.39, 0.29) is 17.2 Å². The number of aromatic nitrogens is 1. The van der Waals surface area contributed by atoms with Crippen LogP contribution in [0.15, 0.2) is 23.1 Å². The third-order valence-electron chi connectivity index (χ3n) is 3.60. The van der Waals surface area contributed by atoms with Crippen molar-refractivity contribution in [3.63, 3.8) is 0 Å². The largest absolute Gasteiger partial charge is 0.462 e. The molecule has 0 saturated heterocycles. The van der Waals surface area contributed by atoms with Crippen LogP contribution in [-0.2, 0) is 22.5 Å². The van der Waals surface area contributed by atoms with Crippen molar-refractivity contribution < 1.29 is 19.2 Å². The number of nitriles is 1. The number of nitrogens with zero attached hydrogens (tertiary/aromatic N) is 3. The fourth-order valence-corrected chi connectivity index (χ4v) is 3.31. The summed E-state index contributed by atoms with van der Waals surface area (Å²) in [4.78, 5) is 47.6. The summed E-state index contributed by atoms with van der Waals surface area (Å²) in [5.41, 5.74) is -1.56. The second-order valence-corrected chi connectivity index (χ2v) is 6.63. The number of esters is 1. The number of carbonyl (C=O) groups is 2. The first-order valence-electron chi connectivity index (χ1n) is 8.19. The second kappa shape index (κ2) is 8.92. The number of thiophene rings is 1. The Hall–Kier alpha value is -3.52. The van der Waals surface area contributed by atoms with Crippen molar-refractivity contribution in [2.24, 2.45) is 0 Å². The number of hydrogen-bond acceptors (Lipinski definition) is 8. The van der Waals surface area contributed by atoms with E-state index in [1.807, 2.05) is 6.92 Å². The van der Waals surface area contributed by atoms with Gasteiger partial charge in [0.1, 0.15) is 23.2 Å². The number of carbonyl (C=O) groups excluding carboxylic acids is 2. The molecule has 0 spiro atoms. The van der Waals surface area contributed by atoms with E-state index in [4.69, 9.17) is 10.00 Å². The minimum Gasteiger partial charge on any atom is -0.462 e. The van der Waals surface area contributed by atoms with Crippen LogP contribution in [0.2, 0.25) is 0 Å². The van der Waals surface area contributed by atoms with Crippen molar-refractivity contribution in [2.75, 3.05) is 11.9 Å². The molecule has 11 heteroatoms. The van der Waals surface area contributed by atoms with E-state index < -0.39 is 40.2 Å². The number of nitrogens with one attached hydrogen (secondary N) is 1. The van der Waals surface area contributed by atoms with Gasteiger partial charge in [-0.15, -0.1) is 11.3 Å². The standard InChI is InChI=1S/C17H16N4O6S/c1-3-12-6-13(17(24)27-4-2)15(28-12)19-14(22)9-20-8-11(21(25)26)5-10(7-18)16(20)23/h5-6,8H,3-4,9H2,1-2H3,(H,19,22). The van der Waals surface area contributed by atoms with Gasteiger partial charge in [0, 0.05) is 10.9 Å². The summed E-state index contributed by atoms with van der Waals surface area (Å²) in [7, 11) is 0. The molecule has 1 N–H and O–H groups in total. The van der Waals surface area contributed by atoms with Gasteiger partial charge in [-0.1, -0.05) is 6.92 Å². The molecule has 146 valence electrons. The SMILES string of the molecule is CCOC(=O)c1cc(CC)sc1NC(=O)Cn1cc([N+](=O)[O-])cc(C#N)c1=O. The highest BCUT2D eigenvalue weighted by atomic mass is 32.1. The van der Waals surface area contributed by atoms with Crippen molar-refractivity contribution in [2.45, 2.75) is 26.8 Å². The molecule has 0 atom stereocenters. The lowest BCUT2D eigenvalue weighted by atomic mass is 10.2. The maximum atomic E-state index is 12.4. The van der Waals surface area contributed by atoms with Crippen LogP contribution in [0.25, 0.3) is 0 Å². The van der Waals surface area contributed by atoms with Crippen LogP contribution in [0.3, 0.4) is 0 Å². The molecule has 0 fully saturated rings. The van der Waals surface area contributed by atoms with Gasteiger partial charge < -0.3 is 10.1 Å². The molecular formula is C17H16N4O6S. The minimum atomic E-state index is -0.825. The first-order valence-corrected chi connectivity index (χ1v) is 9.01. The molecule has 0 aliphatic rings. The Balaban J connectivity index is 2.31. The maximum Gasteiger partial charge on any atom is 0.341 e. The Labute approximate surface area is 163 Å². The molecule has 2 aromatic heterocycles. The fraction of sp³-hybridized carbons (Fsp3) is 0.294. The second-order valence-electron chi connectivity index (χ2n) is 5.49. The van der Waals surface area contributed by atoms with Gasteiger partial charge in [-0.2, -0.15) is 5.26 Å². The van der Waals surface area contributed by atoms with Gasteiger partial charge in [0.2, 0.25) is 5.91 Å². The van der Waals surface area contributed by atoms with E-state index >= 15 is 0 Å². The van der Waals surface area contributed by atoms with Gasteiger partial charge >= 0.3 is 5.97 Å². The number of rotatable bonds is 7. The van der Waals surface area contributed by atoms with Crippen LogP contribution < -0.4 is 10.9 Å². The van der Waals surface area contributed by atoms with Crippen molar-refractivity contribution in [1.29, 1.82) is 5.26 Å². The fourth-order valence-electron chi connectivity index (χ4n) is 2.31. The number of hydrogen-bond donors (Lipinski definition) is 1. The van der Waals surface area contributed by atoms with E-state index in [9.17, 15) is 24.5 Å². The van der Waals surface area contributed by atoms with Gasteiger partial charge in [0.05, 0.1) is 23.3 Å². The topological polar surface area (TPSA) is 144 Å². The number of anilines is 1. The van der Waals surface area contributed by atoms with Crippen LogP contribution in [-0.4, -0.2) is 28.0 Å². The number of ether oxygens (including phenoxy) is 1. The molecule has 2 heterocycles. The Morgan fingerprint density at radius 1 is 1.39 bits per heavy atom. The Morgan fingerprint density at radius 2 is 2.11 bits per heavy atom. The maximum absolute atomic E-state index is 12.4. The highest BCUT2D eigenvalue weighted by Crippen LogP contribution is 2.29. The molecule has 0 aliphatic carbocycles. The lowest BCUT2D eigenvalue weighted by Crippen LogP contribution is -2.29. The van der Waals surface area contributed by atoms with E-state index in [1.165, 1.54) is 11.3 Å². The number of aryl methyl sites for hydroxylation is 1. The van der Waals surface area contributed by atoms with E-state index in [2.05, 4.69) is 5.32 Å². The smallest absolute Gasteiger partial charge is 0.341 e. The third-order valence-corrected chi connectivity index (χ3v) is 4.79. The Bertz CT molecular complexity index is 1030. The number of amides is 1. The minimum absolute atomic E-state index is 0.170. The van der Waals surface area contributed by atoms with Crippen LogP contribution in [0.4, 0.5) is 10.7 Å². The molecule has 1 amide bonds. The van der Waals surface area contributed by atoms with E-state index in [1.54, 1.807) is 19.1 Å². The van der Waals surface area contributed by atoms with Crippen LogP contribution in [0.5, 0.6) is 0 Å². The van der Waals surface area contributed by atoms with Gasteiger partial charge in [-0.25, -0.2) is 4.79 Å².